The third-order valence-corrected chi connectivity index (χ3v) is 0.204. The van der Waals surface area contributed by atoms with Gasteiger partial charge >= 0.3 is 21.7 Å². The Bertz CT molecular complexity index is 8.85. The maximum absolute atomic E-state index is 9.30. The van der Waals surface area contributed by atoms with Crippen LogP contribution >= 0.6 is 0 Å². The first-order chi connectivity index (χ1) is 1.91. The zero-order valence-corrected chi connectivity index (χ0v) is 4.88. The molecule has 0 unspecified atom stereocenters. The molecule has 0 aliphatic rings. The normalized spacial score (nSPS) is 6.00. The molecule has 0 saturated carbocycles. The van der Waals surface area contributed by atoms with Gasteiger partial charge in [-0.3, -0.25) is 0 Å². The van der Waals surface area contributed by atoms with Crippen molar-refractivity contribution >= 4 is 0 Å². The first-order valence-corrected chi connectivity index (χ1v) is 1.50. The fraction of sp³-hybridized carbons (Fsp3) is 1.00. The fourth-order valence-corrected chi connectivity index (χ4v) is 0. The van der Waals surface area contributed by atoms with Crippen LogP contribution in [0.3, 0.4) is 0 Å². The summed E-state index contributed by atoms with van der Waals surface area (Å²) in [7, 11) is 0. The van der Waals surface area contributed by atoms with Gasteiger partial charge < -0.3 is 5.11 Å². The number of rotatable bonds is 1. The minimum Gasteiger partial charge on any atom is -0.854 e. The van der Waals surface area contributed by atoms with Crippen LogP contribution in [0, 0.1) is 0 Å². The van der Waals surface area contributed by atoms with Crippen LogP contribution in [0.15, 0.2) is 0 Å². The van der Waals surface area contributed by atoms with Gasteiger partial charge in [0, 0.05) is 0 Å². The second-order valence-corrected chi connectivity index (χ2v) is 0.704. The van der Waals surface area contributed by atoms with Gasteiger partial charge in [0.15, 0.2) is 0 Å². The van der Waals surface area contributed by atoms with Gasteiger partial charge in [0.2, 0.25) is 0 Å². The van der Waals surface area contributed by atoms with Crippen molar-refractivity contribution in [2.75, 3.05) is 6.61 Å². The maximum atomic E-state index is 9.30. The maximum Gasteiger partial charge on any atom is 3.00 e. The Morgan fingerprint density at radius 2 is 1.80 bits per heavy atom. The van der Waals surface area contributed by atoms with Crippen molar-refractivity contribution in [2.24, 2.45) is 0 Å². The average Bonchev–Trinajstić information content (AvgIpc) is 1.37. The zero-order valence-electron chi connectivity index (χ0n) is 3.32. The van der Waals surface area contributed by atoms with Crippen LogP contribution in [0.2, 0.25) is 0 Å². The summed E-state index contributed by atoms with van der Waals surface area (Å²) in [5.74, 6) is 0. The Kier molecular flexibility index (Phi) is 16.2. The standard InChI is InChI=1S/C3H7O.Ti/c1-2-3-4;/h2-3H2,1H3;/q-1;+3. The largest absolute Gasteiger partial charge is 3.00 e. The van der Waals surface area contributed by atoms with Crippen molar-refractivity contribution in [1.82, 2.24) is 0 Å². The summed E-state index contributed by atoms with van der Waals surface area (Å²) in [4.78, 5) is 0. The predicted molar refractivity (Wildman–Crippen MR) is 15.2 cm³/mol. The van der Waals surface area contributed by atoms with Gasteiger partial charge in [-0.25, -0.2) is 0 Å². The van der Waals surface area contributed by atoms with Crippen molar-refractivity contribution in [3.8, 4) is 0 Å². The summed E-state index contributed by atoms with van der Waals surface area (Å²) in [5, 5.41) is 9.30. The Balaban J connectivity index is 0. The van der Waals surface area contributed by atoms with Crippen LogP contribution in [0.1, 0.15) is 13.3 Å². The summed E-state index contributed by atoms with van der Waals surface area (Å²) in [6.07, 6.45) is 0.764. The predicted octanol–water partition coefficient (Wildman–Crippen LogP) is -0.246. The molecule has 0 aliphatic carbocycles. The SMILES string of the molecule is CCC[O-].[Ti+3]. The van der Waals surface area contributed by atoms with E-state index in [1.54, 1.807) is 0 Å². The smallest absolute Gasteiger partial charge is 0.854 e. The molecule has 1 nitrogen and oxygen atoms in total. The van der Waals surface area contributed by atoms with Crippen molar-refractivity contribution in [1.29, 1.82) is 0 Å². The quantitative estimate of drug-likeness (QED) is 0.424. The van der Waals surface area contributed by atoms with Crippen LogP contribution in [-0.2, 0) is 21.7 Å². The topological polar surface area (TPSA) is 23.1 Å². The van der Waals surface area contributed by atoms with Gasteiger partial charge in [0.1, 0.15) is 0 Å². The van der Waals surface area contributed by atoms with E-state index in [0.29, 0.717) is 0 Å². The molecular weight excluding hydrogens is 99.9 g/mol. The van der Waals surface area contributed by atoms with Crippen molar-refractivity contribution in [2.45, 2.75) is 13.3 Å². The first-order valence-electron chi connectivity index (χ1n) is 1.50. The first kappa shape index (κ1) is 9.18. The van der Waals surface area contributed by atoms with Crippen LogP contribution in [-0.4, -0.2) is 6.61 Å². The van der Waals surface area contributed by atoms with Crippen molar-refractivity contribution in [3.63, 3.8) is 0 Å². The Labute approximate surface area is 47.3 Å². The average molecular weight is 107 g/mol. The molecule has 0 N–H and O–H groups in total. The van der Waals surface area contributed by atoms with Gasteiger partial charge in [-0.1, -0.05) is 13.3 Å². The van der Waals surface area contributed by atoms with E-state index in [0.717, 1.165) is 6.42 Å². The van der Waals surface area contributed by atoms with Gasteiger partial charge in [-0.05, 0) is 0 Å². The number of hydrogen-bond donors (Lipinski definition) is 0. The summed E-state index contributed by atoms with van der Waals surface area (Å²) in [6, 6.07) is 0. The molecule has 0 aromatic heterocycles. The van der Waals surface area contributed by atoms with E-state index in [9.17, 15) is 5.11 Å². The van der Waals surface area contributed by atoms with E-state index in [4.69, 9.17) is 0 Å². The molecule has 0 fully saturated rings. The summed E-state index contributed by atoms with van der Waals surface area (Å²) < 4.78 is 0. The summed E-state index contributed by atoms with van der Waals surface area (Å²) in [6.45, 7) is 1.94. The molecular formula is C3H7OTi+2. The molecule has 0 aromatic rings. The summed E-state index contributed by atoms with van der Waals surface area (Å²) in [5.41, 5.74) is 0. The molecule has 0 rings (SSSR count). The van der Waals surface area contributed by atoms with Crippen LogP contribution < -0.4 is 5.11 Å². The van der Waals surface area contributed by atoms with E-state index in [1.807, 2.05) is 6.92 Å². The third kappa shape index (κ3) is 11.9. The van der Waals surface area contributed by atoms with Crippen molar-refractivity contribution in [3.05, 3.63) is 0 Å². The minimum atomic E-state index is 0. The van der Waals surface area contributed by atoms with E-state index < -0.39 is 0 Å². The molecule has 0 spiro atoms. The third-order valence-electron chi connectivity index (χ3n) is 0.204. The fourth-order valence-electron chi connectivity index (χ4n) is 0. The molecule has 0 heterocycles. The van der Waals surface area contributed by atoms with E-state index in [2.05, 4.69) is 0 Å². The Morgan fingerprint density at radius 3 is 1.80 bits per heavy atom. The summed E-state index contributed by atoms with van der Waals surface area (Å²) >= 11 is 0. The van der Waals surface area contributed by atoms with Gasteiger partial charge in [-0.2, -0.15) is 0 Å². The van der Waals surface area contributed by atoms with Crippen molar-refractivity contribution < 1.29 is 26.8 Å². The van der Waals surface area contributed by atoms with Crippen LogP contribution in [0.4, 0.5) is 0 Å². The second-order valence-electron chi connectivity index (χ2n) is 0.704. The Morgan fingerprint density at radius 1 is 1.60 bits per heavy atom. The zero-order chi connectivity index (χ0) is 3.41. The van der Waals surface area contributed by atoms with Gasteiger partial charge in [0.05, 0.1) is 0 Å². The molecule has 1 radical (unpaired) electrons. The Hall–Kier alpha value is 0.674. The molecule has 0 bridgehead atoms. The molecule has 5 heavy (non-hydrogen) atoms. The number of hydrogen-bond acceptors (Lipinski definition) is 1. The molecule has 0 aromatic carbocycles. The molecule has 0 atom stereocenters. The van der Waals surface area contributed by atoms with E-state index in [1.165, 1.54) is 0 Å². The molecule has 2 heteroatoms. The molecule has 0 aliphatic heterocycles. The van der Waals surface area contributed by atoms with E-state index in [-0.39, 0.29) is 28.3 Å². The molecule has 27 valence electrons. The van der Waals surface area contributed by atoms with E-state index >= 15 is 0 Å². The molecule has 0 amide bonds. The van der Waals surface area contributed by atoms with Crippen LogP contribution in [0.5, 0.6) is 0 Å². The van der Waals surface area contributed by atoms with Crippen LogP contribution in [0.25, 0.3) is 0 Å². The second kappa shape index (κ2) is 8.82. The molecule has 0 saturated heterocycles. The minimum absolute atomic E-state index is 0. The monoisotopic (exact) mass is 107 g/mol. The van der Waals surface area contributed by atoms with Gasteiger partial charge in [-0.15, -0.1) is 6.61 Å². The van der Waals surface area contributed by atoms with Gasteiger partial charge in [0.25, 0.3) is 0 Å².